The van der Waals surface area contributed by atoms with Crippen LogP contribution in [0.4, 0.5) is 18.9 Å². The fraction of sp³-hybridized carbons (Fsp3) is 0.217. The first-order chi connectivity index (χ1) is 15.6. The molecule has 0 fully saturated rings. The van der Waals surface area contributed by atoms with Crippen LogP contribution in [0.1, 0.15) is 16.8 Å². The van der Waals surface area contributed by atoms with E-state index in [4.69, 9.17) is 4.74 Å². The highest BCUT2D eigenvalue weighted by Gasteiger charge is 2.50. The maximum Gasteiger partial charge on any atom is 0.573 e. The van der Waals surface area contributed by atoms with Crippen LogP contribution in [0.3, 0.4) is 0 Å². The van der Waals surface area contributed by atoms with E-state index in [-0.39, 0.29) is 18.5 Å². The molecule has 1 aliphatic heterocycles. The van der Waals surface area contributed by atoms with Crippen LogP contribution < -0.4 is 14.4 Å². The Morgan fingerprint density at radius 1 is 1.09 bits per heavy atom. The Kier molecular flexibility index (Phi) is 6.06. The zero-order chi connectivity index (χ0) is 23.8. The van der Waals surface area contributed by atoms with Crippen LogP contribution in [0.15, 0.2) is 65.3 Å². The van der Waals surface area contributed by atoms with E-state index in [1.54, 1.807) is 36.4 Å². The molecule has 2 heterocycles. The van der Waals surface area contributed by atoms with Crippen molar-refractivity contribution in [3.8, 4) is 11.5 Å². The zero-order valence-electron chi connectivity index (χ0n) is 17.3. The Labute approximate surface area is 195 Å². The number of carbonyl (C=O) groups is 1. The first-order valence-electron chi connectivity index (χ1n) is 9.77. The number of amides is 1. The number of aromatic nitrogens is 1. The third-order valence-electron chi connectivity index (χ3n) is 5.25. The van der Waals surface area contributed by atoms with Gasteiger partial charge in [-0.2, -0.15) is 0 Å². The van der Waals surface area contributed by atoms with Gasteiger partial charge < -0.3 is 19.5 Å². The molecular formula is C23H18BrF3N2O4. The second-order valence-corrected chi connectivity index (χ2v) is 8.38. The molecule has 1 aliphatic rings. The van der Waals surface area contributed by atoms with Gasteiger partial charge in [-0.05, 0) is 48.0 Å². The van der Waals surface area contributed by atoms with Crippen LogP contribution in [0.2, 0.25) is 0 Å². The third kappa shape index (κ3) is 4.81. The standard InChI is InChI=1S/C23H18BrF3N2O4/c1-32-17-4-2-14(3-5-17)13-29-20-7-6-18(33-23(25,26)27)11-19(20)22(31,21(29)30)12-16-10-15(24)8-9-28-16/h2-11,31H,12-13H2,1H3. The number of fused-ring (bicyclic) bond motifs is 1. The summed E-state index contributed by atoms with van der Waals surface area (Å²) in [5, 5.41) is 11.5. The highest BCUT2D eigenvalue weighted by molar-refractivity contribution is 9.10. The first kappa shape index (κ1) is 23.1. The number of alkyl halides is 3. The van der Waals surface area contributed by atoms with Crippen LogP contribution in [0.5, 0.6) is 11.5 Å². The van der Waals surface area contributed by atoms with Gasteiger partial charge in [0.1, 0.15) is 11.5 Å². The highest BCUT2D eigenvalue weighted by atomic mass is 79.9. The van der Waals surface area contributed by atoms with E-state index in [2.05, 4.69) is 25.7 Å². The summed E-state index contributed by atoms with van der Waals surface area (Å²) in [4.78, 5) is 19.0. The summed E-state index contributed by atoms with van der Waals surface area (Å²) < 4.78 is 48.2. The molecule has 0 spiro atoms. The van der Waals surface area contributed by atoms with Gasteiger partial charge in [0.2, 0.25) is 0 Å². The Hall–Kier alpha value is -3.11. The quantitative estimate of drug-likeness (QED) is 0.506. The number of hydrogen-bond acceptors (Lipinski definition) is 5. The van der Waals surface area contributed by atoms with Crippen molar-refractivity contribution in [1.29, 1.82) is 0 Å². The largest absolute Gasteiger partial charge is 0.573 e. The summed E-state index contributed by atoms with van der Waals surface area (Å²) in [6.45, 7) is 0.101. The SMILES string of the molecule is COc1ccc(CN2C(=O)C(O)(Cc3cc(Br)ccn3)c3cc(OC(F)(F)F)ccc32)cc1. The number of benzene rings is 2. The van der Waals surface area contributed by atoms with Gasteiger partial charge in [0.05, 0.1) is 19.3 Å². The van der Waals surface area contributed by atoms with Crippen molar-refractivity contribution in [2.75, 3.05) is 12.0 Å². The van der Waals surface area contributed by atoms with Gasteiger partial charge in [0.25, 0.3) is 5.91 Å². The van der Waals surface area contributed by atoms with Crippen LogP contribution in [0.25, 0.3) is 0 Å². The topological polar surface area (TPSA) is 71.9 Å². The molecule has 2 aromatic carbocycles. The summed E-state index contributed by atoms with van der Waals surface area (Å²) in [6, 6.07) is 13.8. The molecule has 10 heteroatoms. The van der Waals surface area contributed by atoms with Crippen molar-refractivity contribution in [2.45, 2.75) is 24.9 Å². The van der Waals surface area contributed by atoms with Crippen molar-refractivity contribution in [3.63, 3.8) is 0 Å². The van der Waals surface area contributed by atoms with Gasteiger partial charge in [0.15, 0.2) is 5.60 Å². The lowest BCUT2D eigenvalue weighted by molar-refractivity contribution is -0.274. The average Bonchev–Trinajstić information content (AvgIpc) is 2.95. The van der Waals surface area contributed by atoms with E-state index in [0.717, 1.165) is 17.7 Å². The van der Waals surface area contributed by atoms with E-state index in [0.29, 0.717) is 21.6 Å². The molecule has 1 N–H and O–H groups in total. The lowest BCUT2D eigenvalue weighted by Crippen LogP contribution is -2.41. The molecule has 172 valence electrons. The first-order valence-corrected chi connectivity index (χ1v) is 10.6. The Morgan fingerprint density at radius 3 is 2.42 bits per heavy atom. The Bertz CT molecular complexity index is 1190. The predicted molar refractivity (Wildman–Crippen MR) is 117 cm³/mol. The summed E-state index contributed by atoms with van der Waals surface area (Å²) in [6.07, 6.45) is -3.64. The molecule has 1 amide bonds. The maximum absolute atomic E-state index is 13.4. The second-order valence-electron chi connectivity index (χ2n) is 7.47. The van der Waals surface area contributed by atoms with Crippen molar-refractivity contribution < 1.29 is 32.5 Å². The smallest absolute Gasteiger partial charge is 0.497 e. The predicted octanol–water partition coefficient (Wildman–Crippen LogP) is 4.73. The van der Waals surface area contributed by atoms with Crippen LogP contribution in [-0.2, 0) is 23.4 Å². The number of aliphatic hydroxyl groups is 1. The minimum atomic E-state index is -4.91. The fourth-order valence-electron chi connectivity index (χ4n) is 3.78. The molecule has 1 aromatic heterocycles. The van der Waals surface area contributed by atoms with Crippen LogP contribution >= 0.6 is 15.9 Å². The molecule has 0 saturated carbocycles. The molecule has 33 heavy (non-hydrogen) atoms. The number of nitrogens with zero attached hydrogens (tertiary/aromatic N) is 2. The van der Waals surface area contributed by atoms with Gasteiger partial charge in [-0.25, -0.2) is 0 Å². The monoisotopic (exact) mass is 522 g/mol. The molecule has 0 radical (unpaired) electrons. The van der Waals surface area contributed by atoms with E-state index in [9.17, 15) is 23.1 Å². The van der Waals surface area contributed by atoms with E-state index >= 15 is 0 Å². The molecule has 4 rings (SSSR count). The normalized spacial score (nSPS) is 17.8. The second kappa shape index (κ2) is 8.68. The molecular weight excluding hydrogens is 505 g/mol. The molecule has 0 bridgehead atoms. The molecule has 0 aliphatic carbocycles. The lowest BCUT2D eigenvalue weighted by Gasteiger charge is -2.23. The molecule has 6 nitrogen and oxygen atoms in total. The maximum atomic E-state index is 13.4. The average molecular weight is 523 g/mol. The third-order valence-corrected chi connectivity index (χ3v) is 5.75. The number of ether oxygens (including phenoxy) is 2. The van der Waals surface area contributed by atoms with E-state index in [1.807, 2.05) is 0 Å². The Morgan fingerprint density at radius 2 is 1.79 bits per heavy atom. The van der Waals surface area contributed by atoms with Crippen molar-refractivity contribution in [1.82, 2.24) is 4.98 Å². The van der Waals surface area contributed by atoms with Crippen molar-refractivity contribution >= 4 is 27.5 Å². The summed E-state index contributed by atoms with van der Waals surface area (Å²) in [7, 11) is 1.53. The summed E-state index contributed by atoms with van der Waals surface area (Å²) in [5.41, 5.74) is -0.678. The van der Waals surface area contributed by atoms with E-state index < -0.39 is 23.6 Å². The number of carbonyl (C=O) groups excluding carboxylic acids is 1. The number of anilines is 1. The summed E-state index contributed by atoms with van der Waals surface area (Å²) >= 11 is 3.32. The Balaban J connectivity index is 1.75. The molecule has 3 aromatic rings. The van der Waals surface area contributed by atoms with Gasteiger partial charge in [-0.1, -0.05) is 28.1 Å². The molecule has 0 saturated heterocycles. The fourth-order valence-corrected chi connectivity index (χ4v) is 4.16. The van der Waals surface area contributed by atoms with Crippen molar-refractivity contribution in [2.24, 2.45) is 0 Å². The minimum absolute atomic E-state index is 0.0181. The number of hydrogen-bond donors (Lipinski definition) is 1. The number of pyridine rings is 1. The summed E-state index contributed by atoms with van der Waals surface area (Å²) in [5.74, 6) is -0.557. The number of methoxy groups -OCH3 is 1. The van der Waals surface area contributed by atoms with E-state index in [1.165, 1.54) is 24.3 Å². The van der Waals surface area contributed by atoms with Crippen molar-refractivity contribution in [3.05, 3.63) is 82.1 Å². The van der Waals surface area contributed by atoms with Gasteiger partial charge in [0, 0.05) is 28.3 Å². The van der Waals surface area contributed by atoms with Gasteiger partial charge in [-0.15, -0.1) is 13.2 Å². The zero-order valence-corrected chi connectivity index (χ0v) is 18.9. The lowest BCUT2D eigenvalue weighted by atomic mass is 9.90. The number of halogens is 4. The molecule has 1 atom stereocenters. The minimum Gasteiger partial charge on any atom is -0.497 e. The highest BCUT2D eigenvalue weighted by Crippen LogP contribution is 2.45. The van der Waals surface area contributed by atoms with Crippen LogP contribution in [-0.4, -0.2) is 29.5 Å². The number of rotatable bonds is 6. The molecule has 1 unspecified atom stereocenters. The van der Waals surface area contributed by atoms with Gasteiger partial charge >= 0.3 is 6.36 Å². The van der Waals surface area contributed by atoms with Crippen LogP contribution in [0, 0.1) is 0 Å². The van der Waals surface area contributed by atoms with Gasteiger partial charge in [-0.3, -0.25) is 9.78 Å².